The number of nitrogens with one attached hydrogen (secondary N) is 3. The third-order valence-electron chi connectivity index (χ3n) is 4.94. The van der Waals surface area contributed by atoms with Crippen LogP contribution in [0.15, 0.2) is 36.4 Å². The van der Waals surface area contributed by atoms with E-state index in [1.165, 1.54) is 11.1 Å². The zero-order chi connectivity index (χ0) is 18.8. The van der Waals surface area contributed by atoms with E-state index in [-0.39, 0.29) is 24.3 Å². The summed E-state index contributed by atoms with van der Waals surface area (Å²) in [6, 6.07) is 11.2. The number of ether oxygens (including phenoxy) is 1. The number of benzene rings is 2. The molecule has 2 heterocycles. The van der Waals surface area contributed by atoms with Gasteiger partial charge in [0.1, 0.15) is 5.75 Å². The van der Waals surface area contributed by atoms with Gasteiger partial charge >= 0.3 is 6.03 Å². The van der Waals surface area contributed by atoms with E-state index >= 15 is 0 Å². The number of amides is 3. The SMILES string of the molecule is COc1ccc(C(=O)NCc2ccc3c(c2)CNC3)cc1N1CCNC1=O.Cl. The molecule has 1 saturated heterocycles. The van der Waals surface area contributed by atoms with Crippen molar-refractivity contribution in [1.29, 1.82) is 0 Å². The number of urea groups is 1. The zero-order valence-electron chi connectivity index (χ0n) is 15.6. The fourth-order valence-corrected chi connectivity index (χ4v) is 3.49. The van der Waals surface area contributed by atoms with Crippen LogP contribution in [-0.2, 0) is 19.6 Å². The lowest BCUT2D eigenvalue weighted by Gasteiger charge is -2.18. The molecule has 3 amide bonds. The Balaban J connectivity index is 0.00000225. The number of methoxy groups -OCH3 is 1. The molecule has 28 heavy (non-hydrogen) atoms. The number of halogens is 1. The Bertz CT molecular complexity index is 903. The lowest BCUT2D eigenvalue weighted by molar-refractivity contribution is 0.0951. The second-order valence-electron chi connectivity index (χ2n) is 6.66. The molecule has 0 saturated carbocycles. The Hall–Kier alpha value is -2.77. The highest BCUT2D eigenvalue weighted by atomic mass is 35.5. The minimum Gasteiger partial charge on any atom is -0.495 e. The van der Waals surface area contributed by atoms with Crippen molar-refractivity contribution in [3.63, 3.8) is 0 Å². The third kappa shape index (κ3) is 3.90. The van der Waals surface area contributed by atoms with Crippen molar-refractivity contribution in [2.45, 2.75) is 19.6 Å². The average Bonchev–Trinajstić information content (AvgIpc) is 3.33. The summed E-state index contributed by atoms with van der Waals surface area (Å²) >= 11 is 0. The number of hydrogen-bond acceptors (Lipinski definition) is 4. The molecule has 0 unspecified atom stereocenters. The Morgan fingerprint density at radius 2 is 2.00 bits per heavy atom. The van der Waals surface area contributed by atoms with E-state index in [1.807, 2.05) is 6.07 Å². The number of carbonyl (C=O) groups is 2. The van der Waals surface area contributed by atoms with Crippen molar-refractivity contribution in [3.8, 4) is 5.75 Å². The average molecular weight is 403 g/mol. The van der Waals surface area contributed by atoms with Crippen LogP contribution in [0.4, 0.5) is 10.5 Å². The molecule has 7 nitrogen and oxygen atoms in total. The molecule has 4 rings (SSSR count). The van der Waals surface area contributed by atoms with Gasteiger partial charge in [-0.05, 0) is 34.9 Å². The third-order valence-corrected chi connectivity index (χ3v) is 4.94. The normalized spacial score (nSPS) is 14.9. The highest BCUT2D eigenvalue weighted by Crippen LogP contribution is 2.30. The molecule has 8 heteroatoms. The van der Waals surface area contributed by atoms with Crippen molar-refractivity contribution in [1.82, 2.24) is 16.0 Å². The number of carbonyl (C=O) groups excluding carboxylic acids is 2. The van der Waals surface area contributed by atoms with Crippen LogP contribution >= 0.6 is 12.4 Å². The van der Waals surface area contributed by atoms with E-state index in [1.54, 1.807) is 30.2 Å². The van der Waals surface area contributed by atoms with Crippen molar-refractivity contribution in [2.24, 2.45) is 0 Å². The van der Waals surface area contributed by atoms with Crippen LogP contribution in [0, 0.1) is 0 Å². The van der Waals surface area contributed by atoms with E-state index in [2.05, 4.69) is 28.1 Å². The molecule has 3 N–H and O–H groups in total. The fraction of sp³-hybridized carbons (Fsp3) is 0.300. The molecule has 0 bridgehead atoms. The Labute approximate surface area is 169 Å². The first-order chi connectivity index (χ1) is 13.2. The molecule has 0 aromatic heterocycles. The number of nitrogens with zero attached hydrogens (tertiary/aromatic N) is 1. The van der Waals surface area contributed by atoms with Gasteiger partial charge in [0.15, 0.2) is 0 Å². The summed E-state index contributed by atoms with van der Waals surface area (Å²) in [4.78, 5) is 26.2. The van der Waals surface area contributed by atoms with Crippen LogP contribution < -0.4 is 25.6 Å². The van der Waals surface area contributed by atoms with Crippen molar-refractivity contribution in [2.75, 3.05) is 25.1 Å². The molecule has 2 aromatic rings. The fourth-order valence-electron chi connectivity index (χ4n) is 3.49. The van der Waals surface area contributed by atoms with E-state index in [9.17, 15) is 9.59 Å². The monoisotopic (exact) mass is 402 g/mol. The van der Waals surface area contributed by atoms with Crippen molar-refractivity contribution >= 4 is 30.0 Å². The predicted octanol–water partition coefficient (Wildman–Crippen LogP) is 2.18. The Morgan fingerprint density at radius 3 is 2.75 bits per heavy atom. The Morgan fingerprint density at radius 1 is 1.18 bits per heavy atom. The van der Waals surface area contributed by atoms with Gasteiger partial charge in [-0.3, -0.25) is 9.69 Å². The van der Waals surface area contributed by atoms with Crippen molar-refractivity contribution < 1.29 is 14.3 Å². The first-order valence-electron chi connectivity index (χ1n) is 8.99. The van der Waals surface area contributed by atoms with Gasteiger partial charge in [-0.25, -0.2) is 4.79 Å². The molecular formula is C20H23ClN4O3. The topological polar surface area (TPSA) is 82.7 Å². The second-order valence-corrected chi connectivity index (χ2v) is 6.66. The van der Waals surface area contributed by atoms with Crippen LogP contribution in [0.2, 0.25) is 0 Å². The van der Waals surface area contributed by atoms with Gasteiger partial charge in [0.05, 0.1) is 12.8 Å². The molecule has 0 aliphatic carbocycles. The molecule has 2 aromatic carbocycles. The van der Waals surface area contributed by atoms with Gasteiger partial charge in [-0.2, -0.15) is 0 Å². The number of hydrogen-bond donors (Lipinski definition) is 3. The van der Waals surface area contributed by atoms with E-state index in [0.717, 1.165) is 18.7 Å². The quantitative estimate of drug-likeness (QED) is 0.716. The molecule has 0 atom stereocenters. The second kappa shape index (κ2) is 8.50. The minimum absolute atomic E-state index is 0. The molecular weight excluding hydrogens is 380 g/mol. The highest BCUT2D eigenvalue weighted by molar-refractivity contribution is 5.99. The first-order valence-corrected chi connectivity index (χ1v) is 8.99. The van der Waals surface area contributed by atoms with E-state index < -0.39 is 0 Å². The van der Waals surface area contributed by atoms with Crippen LogP contribution in [0.5, 0.6) is 5.75 Å². The summed E-state index contributed by atoms with van der Waals surface area (Å²) < 4.78 is 5.35. The van der Waals surface area contributed by atoms with Gasteiger partial charge in [0.25, 0.3) is 5.91 Å². The molecule has 0 spiro atoms. The van der Waals surface area contributed by atoms with Crippen LogP contribution in [0.25, 0.3) is 0 Å². The number of anilines is 1. The molecule has 148 valence electrons. The van der Waals surface area contributed by atoms with Gasteiger partial charge < -0.3 is 20.7 Å². The van der Waals surface area contributed by atoms with Gasteiger partial charge in [0, 0.05) is 38.3 Å². The summed E-state index contributed by atoms with van der Waals surface area (Å²) in [6.07, 6.45) is 0. The maximum atomic E-state index is 12.6. The van der Waals surface area contributed by atoms with E-state index in [4.69, 9.17) is 4.74 Å². The maximum absolute atomic E-state index is 12.6. The molecule has 0 radical (unpaired) electrons. The summed E-state index contributed by atoms with van der Waals surface area (Å²) in [6.45, 7) is 3.35. The van der Waals surface area contributed by atoms with Gasteiger partial charge in [0.2, 0.25) is 0 Å². The predicted molar refractivity (Wildman–Crippen MR) is 109 cm³/mol. The van der Waals surface area contributed by atoms with Crippen LogP contribution in [0.1, 0.15) is 27.0 Å². The lowest BCUT2D eigenvalue weighted by atomic mass is 10.1. The van der Waals surface area contributed by atoms with Crippen LogP contribution in [-0.4, -0.2) is 32.1 Å². The molecule has 2 aliphatic rings. The zero-order valence-corrected chi connectivity index (χ0v) is 16.4. The summed E-state index contributed by atoms with van der Waals surface area (Å²) in [5, 5.41) is 9.03. The highest BCUT2D eigenvalue weighted by Gasteiger charge is 2.25. The van der Waals surface area contributed by atoms with E-state index in [0.29, 0.717) is 36.6 Å². The minimum atomic E-state index is -0.183. The molecule has 2 aliphatic heterocycles. The lowest BCUT2D eigenvalue weighted by Crippen LogP contribution is -2.29. The van der Waals surface area contributed by atoms with Crippen LogP contribution in [0.3, 0.4) is 0 Å². The van der Waals surface area contributed by atoms with Gasteiger partial charge in [-0.15, -0.1) is 12.4 Å². The molecule has 1 fully saturated rings. The van der Waals surface area contributed by atoms with Gasteiger partial charge in [-0.1, -0.05) is 18.2 Å². The number of rotatable bonds is 5. The summed E-state index contributed by atoms with van der Waals surface area (Å²) in [5.41, 5.74) is 4.76. The number of fused-ring (bicyclic) bond motifs is 1. The smallest absolute Gasteiger partial charge is 0.322 e. The first kappa shape index (κ1) is 20.0. The van der Waals surface area contributed by atoms with Crippen molar-refractivity contribution in [3.05, 3.63) is 58.7 Å². The Kier molecular flexibility index (Phi) is 6.06. The standard InChI is InChI=1S/C20H22N4O3.ClH/c1-27-18-5-4-14(9-17(18)24-7-6-22-20(24)26)19(25)23-10-13-2-3-15-11-21-12-16(15)8-13;/h2-5,8-9,21H,6-7,10-12H2,1H3,(H,22,26)(H,23,25);1H. The maximum Gasteiger partial charge on any atom is 0.322 e. The summed E-state index contributed by atoms with van der Waals surface area (Å²) in [5.74, 6) is 0.381. The summed E-state index contributed by atoms with van der Waals surface area (Å²) in [7, 11) is 1.55. The largest absolute Gasteiger partial charge is 0.495 e.